The Morgan fingerprint density at radius 1 is 0.939 bits per heavy atom. The van der Waals surface area contributed by atoms with E-state index in [1.165, 1.54) is 0 Å². The van der Waals surface area contributed by atoms with Crippen LogP contribution in [0.25, 0.3) is 11.8 Å². The minimum absolute atomic E-state index is 0.0802. The van der Waals surface area contributed by atoms with E-state index >= 15 is 0 Å². The molecule has 6 heteroatoms. The molecule has 0 radical (unpaired) electrons. The highest BCUT2D eigenvalue weighted by Gasteiger charge is 2.09. The van der Waals surface area contributed by atoms with E-state index in [-0.39, 0.29) is 12.4 Å². The molecule has 0 saturated carbocycles. The molecular weight excluding hydrogens is 457 g/mol. The van der Waals surface area contributed by atoms with Crippen molar-refractivity contribution in [3.63, 3.8) is 0 Å². The first-order chi connectivity index (χ1) is 16.0. The number of carbonyl (C=O) groups excluding carboxylic acids is 1. The second-order valence-electron chi connectivity index (χ2n) is 7.25. The Bertz CT molecular complexity index is 1300. The summed E-state index contributed by atoms with van der Waals surface area (Å²) in [6, 6.07) is 22.3. The monoisotopic (exact) mass is 477 g/mol. The van der Waals surface area contributed by atoms with Crippen molar-refractivity contribution in [3.8, 4) is 17.2 Å². The summed E-state index contributed by atoms with van der Waals surface area (Å²) in [5.41, 5.74) is 3.21. The molecular formula is C27H21Cl2NO3. The molecule has 3 aromatic carbocycles. The summed E-state index contributed by atoms with van der Waals surface area (Å²) >= 11 is 12.3. The fraction of sp³-hybridized carbons (Fsp3) is 0.0741. The first kappa shape index (κ1) is 22.7. The van der Waals surface area contributed by atoms with Gasteiger partial charge < -0.3 is 14.0 Å². The lowest BCUT2D eigenvalue weighted by molar-refractivity contribution is 0.104. The molecule has 0 aliphatic carbocycles. The van der Waals surface area contributed by atoms with Crippen LogP contribution in [0.5, 0.6) is 11.5 Å². The molecule has 0 aliphatic heterocycles. The smallest absolute Gasteiger partial charge is 0.185 e. The van der Waals surface area contributed by atoms with Gasteiger partial charge in [-0.1, -0.05) is 53.5 Å². The average molecular weight is 478 g/mol. The van der Waals surface area contributed by atoms with Crippen LogP contribution in [-0.2, 0) is 6.61 Å². The van der Waals surface area contributed by atoms with Crippen LogP contribution in [0.15, 0.2) is 91.3 Å². The highest BCUT2D eigenvalue weighted by molar-refractivity contribution is 6.42. The molecule has 4 nitrogen and oxygen atoms in total. The van der Waals surface area contributed by atoms with Gasteiger partial charge in [0.25, 0.3) is 0 Å². The van der Waals surface area contributed by atoms with Gasteiger partial charge in [-0.25, -0.2) is 0 Å². The van der Waals surface area contributed by atoms with Gasteiger partial charge in [0.15, 0.2) is 5.78 Å². The quantitative estimate of drug-likeness (QED) is 0.198. The normalized spacial score (nSPS) is 11.0. The van der Waals surface area contributed by atoms with E-state index in [2.05, 4.69) is 0 Å². The zero-order valence-electron chi connectivity index (χ0n) is 17.9. The third-order valence-corrected chi connectivity index (χ3v) is 5.87. The molecule has 0 bridgehead atoms. The van der Waals surface area contributed by atoms with Crippen molar-refractivity contribution >= 4 is 35.1 Å². The van der Waals surface area contributed by atoms with E-state index in [0.29, 0.717) is 27.1 Å². The van der Waals surface area contributed by atoms with Crippen LogP contribution in [0.3, 0.4) is 0 Å². The van der Waals surface area contributed by atoms with E-state index in [9.17, 15) is 4.79 Å². The molecule has 33 heavy (non-hydrogen) atoms. The van der Waals surface area contributed by atoms with E-state index in [0.717, 1.165) is 16.8 Å². The van der Waals surface area contributed by atoms with Gasteiger partial charge in [-0.15, -0.1) is 0 Å². The number of carbonyl (C=O) groups is 1. The van der Waals surface area contributed by atoms with Crippen LogP contribution in [-0.4, -0.2) is 17.5 Å². The second-order valence-corrected chi connectivity index (χ2v) is 8.04. The highest BCUT2D eigenvalue weighted by atomic mass is 35.5. The molecule has 1 heterocycles. The molecule has 4 rings (SSSR count). The average Bonchev–Trinajstić information content (AvgIpc) is 3.39. The second kappa shape index (κ2) is 10.4. The minimum atomic E-state index is -0.0802. The fourth-order valence-corrected chi connectivity index (χ4v) is 3.71. The Labute approximate surface area is 202 Å². The molecule has 0 saturated heterocycles. The zero-order chi connectivity index (χ0) is 23.2. The number of ether oxygens (including phenoxy) is 2. The fourth-order valence-electron chi connectivity index (χ4n) is 3.36. The SMILES string of the molecule is COc1ccc(/C=C/C(=O)c2cccc(-n3cccc3)c2)cc1COc1cccc(Cl)c1Cl. The molecule has 0 amide bonds. The maximum absolute atomic E-state index is 12.8. The van der Waals surface area contributed by atoms with Crippen LogP contribution in [0, 0.1) is 0 Å². The lowest BCUT2D eigenvalue weighted by Gasteiger charge is -2.12. The number of methoxy groups -OCH3 is 1. The predicted molar refractivity (Wildman–Crippen MR) is 133 cm³/mol. The maximum Gasteiger partial charge on any atom is 0.185 e. The van der Waals surface area contributed by atoms with Crippen molar-refractivity contribution < 1.29 is 14.3 Å². The van der Waals surface area contributed by atoms with Gasteiger partial charge in [0, 0.05) is 29.2 Å². The lowest BCUT2D eigenvalue weighted by Crippen LogP contribution is -2.00. The summed E-state index contributed by atoms with van der Waals surface area (Å²) in [7, 11) is 1.60. The minimum Gasteiger partial charge on any atom is -0.496 e. The van der Waals surface area contributed by atoms with Gasteiger partial charge >= 0.3 is 0 Å². The van der Waals surface area contributed by atoms with E-state index in [1.54, 1.807) is 37.5 Å². The molecule has 0 atom stereocenters. The van der Waals surface area contributed by atoms with Crippen LogP contribution >= 0.6 is 23.2 Å². The Morgan fingerprint density at radius 3 is 2.52 bits per heavy atom. The van der Waals surface area contributed by atoms with Crippen molar-refractivity contribution in [2.75, 3.05) is 7.11 Å². The molecule has 1 aromatic heterocycles. The standard InChI is InChI=1S/C27H21Cl2NO3/c1-32-25-13-11-19(16-21(25)18-33-26-9-5-8-23(28)27(26)29)10-12-24(31)20-6-4-7-22(17-20)30-14-2-3-15-30/h2-17H,18H2,1H3/b12-10+. The van der Waals surface area contributed by atoms with E-state index in [4.69, 9.17) is 32.7 Å². The number of ketones is 1. The summed E-state index contributed by atoms with van der Waals surface area (Å²) in [6.07, 6.45) is 7.23. The number of hydrogen-bond acceptors (Lipinski definition) is 3. The Morgan fingerprint density at radius 2 is 1.73 bits per heavy atom. The van der Waals surface area contributed by atoms with Gasteiger partial charge in [-0.2, -0.15) is 0 Å². The van der Waals surface area contributed by atoms with Crippen molar-refractivity contribution in [2.24, 2.45) is 0 Å². The topological polar surface area (TPSA) is 40.5 Å². The Balaban J connectivity index is 1.51. The number of aromatic nitrogens is 1. The Kier molecular flexibility index (Phi) is 7.18. The predicted octanol–water partition coefficient (Wildman–Crippen LogP) is 7.27. The largest absolute Gasteiger partial charge is 0.496 e. The number of allylic oxidation sites excluding steroid dienone is 1. The zero-order valence-corrected chi connectivity index (χ0v) is 19.4. The summed E-state index contributed by atoms with van der Waals surface area (Å²) in [6.45, 7) is 0.234. The number of halogens is 2. The van der Waals surface area contributed by atoms with Crippen molar-refractivity contribution in [3.05, 3.63) is 118 Å². The molecule has 0 fully saturated rings. The van der Waals surface area contributed by atoms with Gasteiger partial charge in [0.1, 0.15) is 23.1 Å². The van der Waals surface area contributed by atoms with Gasteiger partial charge in [0.2, 0.25) is 0 Å². The molecule has 0 unspecified atom stereocenters. The molecule has 166 valence electrons. The summed E-state index contributed by atoms with van der Waals surface area (Å²) < 4.78 is 13.3. The number of nitrogens with zero attached hydrogens (tertiary/aromatic N) is 1. The molecule has 4 aromatic rings. The first-order valence-corrected chi connectivity index (χ1v) is 11.0. The van der Waals surface area contributed by atoms with Crippen LogP contribution in [0.4, 0.5) is 0 Å². The lowest BCUT2D eigenvalue weighted by atomic mass is 10.1. The van der Waals surface area contributed by atoms with Crippen molar-refractivity contribution in [1.29, 1.82) is 0 Å². The van der Waals surface area contributed by atoms with Crippen molar-refractivity contribution in [2.45, 2.75) is 6.61 Å². The van der Waals surface area contributed by atoms with E-state index < -0.39 is 0 Å². The molecule has 0 N–H and O–H groups in total. The first-order valence-electron chi connectivity index (χ1n) is 10.2. The number of rotatable bonds is 8. The van der Waals surface area contributed by atoms with E-state index in [1.807, 2.05) is 71.6 Å². The third-order valence-electron chi connectivity index (χ3n) is 5.06. The highest BCUT2D eigenvalue weighted by Crippen LogP contribution is 2.32. The van der Waals surface area contributed by atoms with Gasteiger partial charge in [-0.05, 0) is 60.2 Å². The number of hydrogen-bond donors (Lipinski definition) is 0. The Hall–Kier alpha value is -3.47. The summed E-state index contributed by atoms with van der Waals surface area (Å²) in [4.78, 5) is 12.8. The third kappa shape index (κ3) is 5.48. The maximum atomic E-state index is 12.8. The van der Waals surface area contributed by atoms with Crippen LogP contribution in [0.2, 0.25) is 10.0 Å². The van der Waals surface area contributed by atoms with Gasteiger partial charge in [0.05, 0.1) is 12.1 Å². The van der Waals surface area contributed by atoms with Gasteiger partial charge in [-0.3, -0.25) is 4.79 Å². The summed E-state index contributed by atoms with van der Waals surface area (Å²) in [5, 5.41) is 0.791. The summed E-state index contributed by atoms with van der Waals surface area (Å²) in [5.74, 6) is 1.09. The van der Waals surface area contributed by atoms with Crippen LogP contribution < -0.4 is 9.47 Å². The molecule has 0 aliphatic rings. The van der Waals surface area contributed by atoms with Crippen molar-refractivity contribution in [1.82, 2.24) is 4.57 Å². The van der Waals surface area contributed by atoms with Crippen LogP contribution in [0.1, 0.15) is 21.5 Å². The number of benzene rings is 3. The molecule has 0 spiro atoms.